The minimum absolute atomic E-state index is 0.325. The highest BCUT2D eigenvalue weighted by molar-refractivity contribution is 7.13. The van der Waals surface area contributed by atoms with Crippen molar-refractivity contribution in [3.05, 3.63) is 82.0 Å². The van der Waals surface area contributed by atoms with E-state index in [1.54, 1.807) is 43.3 Å². The molecule has 29 heavy (non-hydrogen) atoms. The van der Waals surface area contributed by atoms with Crippen molar-refractivity contribution in [3.63, 3.8) is 0 Å². The summed E-state index contributed by atoms with van der Waals surface area (Å²) in [5.74, 6) is -0.387. The maximum Gasteiger partial charge on any atom is 0.275 e. The molecule has 6 nitrogen and oxygen atoms in total. The Morgan fingerprint density at radius 1 is 1.14 bits per heavy atom. The van der Waals surface area contributed by atoms with Gasteiger partial charge in [-0.3, -0.25) is 9.59 Å². The molecule has 0 bridgehead atoms. The summed E-state index contributed by atoms with van der Waals surface area (Å²) in [6.07, 6.45) is 0. The van der Waals surface area contributed by atoms with Crippen LogP contribution in [0.5, 0.6) is 0 Å². The molecule has 2 heterocycles. The van der Waals surface area contributed by atoms with E-state index in [9.17, 15) is 9.59 Å². The summed E-state index contributed by atoms with van der Waals surface area (Å²) in [7, 11) is 0. The number of hydrogen-bond acceptors (Lipinski definition) is 5. The van der Waals surface area contributed by atoms with E-state index in [1.807, 2.05) is 35.7 Å². The minimum Gasteiger partial charge on any atom is -0.324 e. The lowest BCUT2D eigenvalue weighted by atomic mass is 10.1. The van der Waals surface area contributed by atoms with Gasteiger partial charge in [0.05, 0.1) is 21.9 Å². The quantitative estimate of drug-likeness (QED) is 0.556. The maximum atomic E-state index is 13.0. The third kappa shape index (κ3) is 3.53. The zero-order valence-electron chi connectivity index (χ0n) is 15.5. The molecule has 0 saturated carbocycles. The summed E-state index contributed by atoms with van der Waals surface area (Å²) in [5.41, 5.74) is 1.28. The molecule has 0 spiro atoms. The van der Waals surface area contributed by atoms with E-state index < -0.39 is 6.04 Å². The van der Waals surface area contributed by atoms with E-state index in [1.165, 1.54) is 16.0 Å². The van der Waals surface area contributed by atoms with Crippen molar-refractivity contribution in [2.45, 2.75) is 13.0 Å². The van der Waals surface area contributed by atoms with E-state index in [0.717, 1.165) is 10.3 Å². The van der Waals surface area contributed by atoms with Crippen LogP contribution in [0.4, 0.5) is 5.69 Å². The zero-order chi connectivity index (χ0) is 20.4. The number of nitrogens with one attached hydrogen (secondary N) is 1. The zero-order valence-corrected chi connectivity index (χ0v) is 16.3. The SMILES string of the molecule is C[C@@H](C(=O)Nc1cccc(C#N)c1)n1nc(-c2cccs2)c2ccccc2c1=O. The van der Waals surface area contributed by atoms with Crippen molar-refractivity contribution >= 4 is 33.7 Å². The Bertz CT molecular complexity index is 1300. The van der Waals surface area contributed by atoms with Crippen LogP contribution < -0.4 is 10.9 Å². The minimum atomic E-state index is -0.837. The molecule has 1 amide bonds. The standard InChI is InChI=1S/C22H16N4O2S/c1-14(21(27)24-16-7-4-6-15(12-16)13-23)26-22(28)18-9-3-2-8-17(18)20(25-26)19-10-5-11-29-19/h2-12,14H,1H3,(H,24,27)/t14-/m0/s1. The first-order chi connectivity index (χ1) is 14.1. The fraction of sp³-hybridized carbons (Fsp3) is 0.0909. The summed E-state index contributed by atoms with van der Waals surface area (Å²) in [4.78, 5) is 26.8. The smallest absolute Gasteiger partial charge is 0.275 e. The van der Waals surface area contributed by atoms with Gasteiger partial charge in [0.1, 0.15) is 11.7 Å². The number of benzene rings is 2. The monoisotopic (exact) mass is 400 g/mol. The van der Waals surface area contributed by atoms with Crippen molar-refractivity contribution in [1.82, 2.24) is 9.78 Å². The van der Waals surface area contributed by atoms with Gasteiger partial charge < -0.3 is 5.32 Å². The van der Waals surface area contributed by atoms with Gasteiger partial charge in [-0.15, -0.1) is 11.3 Å². The number of nitrogens with zero attached hydrogens (tertiary/aromatic N) is 3. The lowest BCUT2D eigenvalue weighted by Crippen LogP contribution is -2.33. The van der Waals surface area contributed by atoms with Gasteiger partial charge in [-0.2, -0.15) is 10.4 Å². The number of anilines is 1. The molecule has 142 valence electrons. The molecule has 0 radical (unpaired) electrons. The van der Waals surface area contributed by atoms with Crippen LogP contribution in [-0.4, -0.2) is 15.7 Å². The number of thiophene rings is 1. The second-order valence-electron chi connectivity index (χ2n) is 6.48. The average molecular weight is 400 g/mol. The molecule has 0 fully saturated rings. The molecule has 0 saturated heterocycles. The number of rotatable bonds is 4. The predicted molar refractivity (Wildman–Crippen MR) is 114 cm³/mol. The highest BCUT2D eigenvalue weighted by Gasteiger charge is 2.21. The largest absolute Gasteiger partial charge is 0.324 e. The van der Waals surface area contributed by atoms with E-state index in [4.69, 9.17) is 5.26 Å². The van der Waals surface area contributed by atoms with Crippen LogP contribution in [0.1, 0.15) is 18.5 Å². The fourth-order valence-electron chi connectivity index (χ4n) is 3.09. The predicted octanol–water partition coefficient (Wildman–Crippen LogP) is 4.20. The van der Waals surface area contributed by atoms with Crippen molar-refractivity contribution in [2.24, 2.45) is 0 Å². The topological polar surface area (TPSA) is 87.8 Å². The van der Waals surface area contributed by atoms with Gasteiger partial charge in [0.25, 0.3) is 5.56 Å². The molecule has 0 aliphatic carbocycles. The fourth-order valence-corrected chi connectivity index (χ4v) is 3.81. The Hall–Kier alpha value is -3.76. The van der Waals surface area contributed by atoms with Gasteiger partial charge in [-0.25, -0.2) is 4.68 Å². The summed E-state index contributed by atoms with van der Waals surface area (Å²) >= 11 is 1.52. The second kappa shape index (κ2) is 7.70. The molecule has 1 N–H and O–H groups in total. The number of aromatic nitrogens is 2. The van der Waals surface area contributed by atoms with Gasteiger partial charge in [-0.1, -0.05) is 30.3 Å². The molecule has 2 aromatic carbocycles. The van der Waals surface area contributed by atoms with E-state index in [-0.39, 0.29) is 11.5 Å². The van der Waals surface area contributed by atoms with Crippen molar-refractivity contribution in [2.75, 3.05) is 5.32 Å². The normalized spacial score (nSPS) is 11.7. The Labute approximate surface area is 170 Å². The Morgan fingerprint density at radius 3 is 2.66 bits per heavy atom. The summed E-state index contributed by atoms with van der Waals surface area (Å²) in [6, 6.07) is 18.9. The lowest BCUT2D eigenvalue weighted by Gasteiger charge is -2.16. The van der Waals surface area contributed by atoms with Crippen molar-refractivity contribution < 1.29 is 4.79 Å². The van der Waals surface area contributed by atoms with Gasteiger partial charge in [0.2, 0.25) is 5.91 Å². The molecule has 0 unspecified atom stereocenters. The van der Waals surface area contributed by atoms with Gasteiger partial charge in [-0.05, 0) is 42.6 Å². The molecule has 4 rings (SSSR count). The van der Waals surface area contributed by atoms with Crippen LogP contribution in [0, 0.1) is 11.3 Å². The summed E-state index contributed by atoms with van der Waals surface area (Å²) in [5, 5.41) is 19.5. The Kier molecular flexibility index (Phi) is 4.94. The highest BCUT2D eigenvalue weighted by Crippen LogP contribution is 2.28. The van der Waals surface area contributed by atoms with Crippen LogP contribution >= 0.6 is 11.3 Å². The van der Waals surface area contributed by atoms with E-state index >= 15 is 0 Å². The first kappa shape index (κ1) is 18.6. The third-order valence-corrected chi connectivity index (χ3v) is 5.47. The van der Waals surface area contributed by atoms with E-state index in [2.05, 4.69) is 10.4 Å². The molecule has 0 aliphatic heterocycles. The Balaban J connectivity index is 1.77. The Morgan fingerprint density at radius 2 is 1.93 bits per heavy atom. The number of carbonyl (C=O) groups is 1. The summed E-state index contributed by atoms with van der Waals surface area (Å²) in [6.45, 7) is 1.63. The second-order valence-corrected chi connectivity index (χ2v) is 7.43. The summed E-state index contributed by atoms with van der Waals surface area (Å²) < 4.78 is 1.22. The first-order valence-electron chi connectivity index (χ1n) is 8.95. The van der Waals surface area contributed by atoms with Crippen molar-refractivity contribution in [3.8, 4) is 16.6 Å². The average Bonchev–Trinajstić information content (AvgIpc) is 3.28. The number of hydrogen-bond donors (Lipinski definition) is 1. The molecule has 1 atom stereocenters. The van der Waals surface area contributed by atoms with Crippen LogP contribution in [0.25, 0.3) is 21.3 Å². The first-order valence-corrected chi connectivity index (χ1v) is 9.83. The molecule has 0 aliphatic rings. The van der Waals surface area contributed by atoms with Crippen LogP contribution in [0.3, 0.4) is 0 Å². The number of amides is 1. The third-order valence-electron chi connectivity index (χ3n) is 4.59. The molecular weight excluding hydrogens is 384 g/mol. The van der Waals surface area contributed by atoms with Crippen LogP contribution in [-0.2, 0) is 4.79 Å². The lowest BCUT2D eigenvalue weighted by molar-refractivity contribution is -0.119. The molecule has 7 heteroatoms. The molecule has 4 aromatic rings. The number of carbonyl (C=O) groups excluding carboxylic acids is 1. The molecular formula is C22H16N4O2S. The van der Waals surface area contributed by atoms with Crippen molar-refractivity contribution in [1.29, 1.82) is 5.26 Å². The van der Waals surface area contributed by atoms with Gasteiger partial charge >= 0.3 is 0 Å². The van der Waals surface area contributed by atoms with Gasteiger partial charge in [0, 0.05) is 11.1 Å². The maximum absolute atomic E-state index is 13.0. The number of nitriles is 1. The van der Waals surface area contributed by atoms with Crippen LogP contribution in [0.2, 0.25) is 0 Å². The molecule has 2 aromatic heterocycles. The van der Waals surface area contributed by atoms with E-state index in [0.29, 0.717) is 22.3 Å². The van der Waals surface area contributed by atoms with Gasteiger partial charge in [0.15, 0.2) is 0 Å². The highest BCUT2D eigenvalue weighted by atomic mass is 32.1. The van der Waals surface area contributed by atoms with Crippen LogP contribution in [0.15, 0.2) is 70.8 Å². The number of fused-ring (bicyclic) bond motifs is 1.